The Balaban J connectivity index is 1.36. The van der Waals surface area contributed by atoms with Gasteiger partial charge in [-0.1, -0.05) is 54.6 Å². The van der Waals surface area contributed by atoms with Crippen molar-refractivity contribution in [1.29, 1.82) is 0 Å². The standard InChI is InChI=1S/C24H23N5O/c25-24(29-26)19-10-8-17(9-11-19)15-27-20-5-3-6-22(14-20)30-16-21-13-12-18-4-1-2-7-23(18)28-21/h1-14,27H,15-16,26H2,(H2,25,29). The maximum atomic E-state index is 5.95. The summed E-state index contributed by atoms with van der Waals surface area (Å²) in [4.78, 5) is 4.65. The van der Waals surface area contributed by atoms with Gasteiger partial charge in [0.15, 0.2) is 0 Å². The lowest BCUT2D eigenvalue weighted by Crippen LogP contribution is -2.15. The number of nitrogens with two attached hydrogens (primary N) is 2. The van der Waals surface area contributed by atoms with Crippen LogP contribution in [0.15, 0.2) is 90.0 Å². The van der Waals surface area contributed by atoms with Gasteiger partial charge in [-0.05, 0) is 29.8 Å². The van der Waals surface area contributed by atoms with E-state index >= 15 is 0 Å². The lowest BCUT2D eigenvalue weighted by atomic mass is 10.1. The summed E-state index contributed by atoms with van der Waals surface area (Å²) >= 11 is 0. The maximum Gasteiger partial charge on any atom is 0.150 e. The minimum absolute atomic E-state index is 0.320. The minimum atomic E-state index is 0.320. The zero-order chi connectivity index (χ0) is 20.8. The predicted octanol–water partition coefficient (Wildman–Crippen LogP) is 4.00. The summed E-state index contributed by atoms with van der Waals surface area (Å²) in [5.74, 6) is 6.32. The monoisotopic (exact) mass is 397 g/mol. The van der Waals surface area contributed by atoms with Gasteiger partial charge >= 0.3 is 0 Å². The zero-order valence-electron chi connectivity index (χ0n) is 16.5. The van der Waals surface area contributed by atoms with Crippen molar-refractivity contribution in [1.82, 2.24) is 4.98 Å². The number of amidine groups is 1. The van der Waals surface area contributed by atoms with Gasteiger partial charge in [0.05, 0.1) is 11.2 Å². The number of aromatic nitrogens is 1. The van der Waals surface area contributed by atoms with Crippen LogP contribution in [0.4, 0.5) is 5.69 Å². The van der Waals surface area contributed by atoms with E-state index in [0.717, 1.165) is 39.2 Å². The van der Waals surface area contributed by atoms with Crippen molar-refractivity contribution < 1.29 is 4.74 Å². The van der Waals surface area contributed by atoms with E-state index in [2.05, 4.69) is 27.5 Å². The first-order valence-electron chi connectivity index (χ1n) is 9.65. The number of para-hydroxylation sites is 1. The number of nitrogens with one attached hydrogen (secondary N) is 1. The van der Waals surface area contributed by atoms with Gasteiger partial charge in [-0.15, -0.1) is 0 Å². The molecule has 0 spiro atoms. The topological polar surface area (TPSA) is 98.5 Å². The Morgan fingerprint density at radius 3 is 2.60 bits per heavy atom. The van der Waals surface area contributed by atoms with E-state index in [0.29, 0.717) is 19.0 Å². The van der Waals surface area contributed by atoms with E-state index in [1.807, 2.05) is 72.8 Å². The molecule has 5 N–H and O–H groups in total. The third-order valence-electron chi connectivity index (χ3n) is 4.76. The molecule has 0 aliphatic rings. The van der Waals surface area contributed by atoms with Crippen molar-refractivity contribution in [3.63, 3.8) is 0 Å². The van der Waals surface area contributed by atoms with Gasteiger partial charge in [0, 0.05) is 29.2 Å². The first-order valence-corrected chi connectivity index (χ1v) is 9.65. The van der Waals surface area contributed by atoms with Crippen LogP contribution in [0, 0.1) is 0 Å². The molecule has 1 heterocycles. The number of benzene rings is 3. The Labute approximate surface area is 175 Å². The molecule has 0 amide bonds. The van der Waals surface area contributed by atoms with Crippen LogP contribution in [-0.4, -0.2) is 10.8 Å². The predicted molar refractivity (Wildman–Crippen MR) is 121 cm³/mol. The number of pyridine rings is 1. The van der Waals surface area contributed by atoms with Gasteiger partial charge in [-0.2, -0.15) is 5.10 Å². The largest absolute Gasteiger partial charge is 0.487 e. The van der Waals surface area contributed by atoms with Gasteiger partial charge in [0.2, 0.25) is 0 Å². The van der Waals surface area contributed by atoms with Crippen molar-refractivity contribution >= 4 is 22.4 Å². The molecular weight excluding hydrogens is 374 g/mol. The molecule has 1 aromatic heterocycles. The van der Waals surface area contributed by atoms with Crippen LogP contribution in [0.25, 0.3) is 10.9 Å². The van der Waals surface area contributed by atoms with E-state index in [1.54, 1.807) is 0 Å². The van der Waals surface area contributed by atoms with E-state index in [9.17, 15) is 0 Å². The summed E-state index contributed by atoms with van der Waals surface area (Å²) in [6.07, 6.45) is 0. The second-order valence-electron chi connectivity index (χ2n) is 6.88. The van der Waals surface area contributed by atoms with Gasteiger partial charge in [0.1, 0.15) is 18.2 Å². The van der Waals surface area contributed by atoms with Crippen molar-refractivity contribution in [2.45, 2.75) is 13.2 Å². The number of hydrogen-bond acceptors (Lipinski definition) is 5. The lowest BCUT2D eigenvalue weighted by Gasteiger charge is -2.11. The van der Waals surface area contributed by atoms with Crippen LogP contribution in [0.3, 0.4) is 0 Å². The molecule has 0 unspecified atom stereocenters. The van der Waals surface area contributed by atoms with Crippen LogP contribution in [0.5, 0.6) is 5.75 Å². The highest BCUT2D eigenvalue weighted by molar-refractivity contribution is 5.97. The summed E-state index contributed by atoms with van der Waals surface area (Å²) < 4.78 is 5.95. The molecule has 0 aliphatic carbocycles. The van der Waals surface area contributed by atoms with Crippen LogP contribution in [0.2, 0.25) is 0 Å². The molecule has 6 heteroatoms. The molecule has 0 saturated carbocycles. The Morgan fingerprint density at radius 2 is 1.77 bits per heavy atom. The molecule has 0 atom stereocenters. The van der Waals surface area contributed by atoms with Gasteiger partial charge < -0.3 is 21.6 Å². The molecule has 4 aromatic rings. The molecule has 0 saturated heterocycles. The number of hydrogen-bond donors (Lipinski definition) is 3. The fourth-order valence-electron chi connectivity index (χ4n) is 3.11. The molecule has 0 radical (unpaired) electrons. The van der Waals surface area contributed by atoms with Crippen molar-refractivity contribution in [2.75, 3.05) is 5.32 Å². The SMILES string of the molecule is N/N=C(\N)c1ccc(CNc2cccc(OCc3ccc4ccccc4n3)c2)cc1. The fraction of sp³-hybridized carbons (Fsp3) is 0.0833. The maximum absolute atomic E-state index is 5.95. The van der Waals surface area contributed by atoms with E-state index < -0.39 is 0 Å². The molecule has 0 aliphatic heterocycles. The fourth-order valence-corrected chi connectivity index (χ4v) is 3.11. The van der Waals surface area contributed by atoms with Crippen LogP contribution in [0.1, 0.15) is 16.8 Å². The zero-order valence-corrected chi connectivity index (χ0v) is 16.5. The Morgan fingerprint density at radius 1 is 0.933 bits per heavy atom. The average Bonchev–Trinajstić information content (AvgIpc) is 2.81. The summed E-state index contributed by atoms with van der Waals surface area (Å²) in [6, 6.07) is 27.8. The van der Waals surface area contributed by atoms with Crippen molar-refractivity contribution in [2.24, 2.45) is 16.7 Å². The Kier molecular flexibility index (Phi) is 5.75. The van der Waals surface area contributed by atoms with Crippen LogP contribution in [-0.2, 0) is 13.2 Å². The van der Waals surface area contributed by atoms with Crippen LogP contribution < -0.4 is 21.6 Å². The molecular formula is C24H23N5O. The normalized spacial score (nSPS) is 11.4. The van der Waals surface area contributed by atoms with Crippen molar-refractivity contribution in [3.8, 4) is 5.75 Å². The molecule has 0 bridgehead atoms. The summed E-state index contributed by atoms with van der Waals surface area (Å²) in [7, 11) is 0. The third-order valence-corrected chi connectivity index (χ3v) is 4.76. The third kappa shape index (κ3) is 4.67. The van der Waals surface area contributed by atoms with Gasteiger partial charge in [0.25, 0.3) is 0 Å². The first kappa shape index (κ1) is 19.3. The highest BCUT2D eigenvalue weighted by atomic mass is 16.5. The molecule has 0 fully saturated rings. The van der Waals surface area contributed by atoms with Gasteiger partial charge in [-0.25, -0.2) is 4.98 Å². The van der Waals surface area contributed by atoms with Gasteiger partial charge in [-0.3, -0.25) is 0 Å². The van der Waals surface area contributed by atoms with Crippen molar-refractivity contribution in [3.05, 3.63) is 102 Å². The number of ether oxygens (including phenoxy) is 1. The molecule has 150 valence electrons. The Bertz CT molecular complexity index is 1170. The van der Waals surface area contributed by atoms with E-state index in [4.69, 9.17) is 16.3 Å². The average molecular weight is 397 g/mol. The summed E-state index contributed by atoms with van der Waals surface area (Å²) in [5.41, 5.74) is 10.5. The second-order valence-corrected chi connectivity index (χ2v) is 6.88. The molecule has 4 rings (SSSR count). The number of anilines is 1. The summed E-state index contributed by atoms with van der Waals surface area (Å²) in [6.45, 7) is 1.09. The Hall–Kier alpha value is -4.06. The molecule has 6 nitrogen and oxygen atoms in total. The number of nitrogens with zero attached hydrogens (tertiary/aromatic N) is 2. The lowest BCUT2D eigenvalue weighted by molar-refractivity contribution is 0.302. The number of fused-ring (bicyclic) bond motifs is 1. The number of rotatable bonds is 7. The van der Waals surface area contributed by atoms with E-state index in [-0.39, 0.29) is 0 Å². The molecule has 30 heavy (non-hydrogen) atoms. The number of hydrazone groups is 1. The second kappa shape index (κ2) is 8.96. The smallest absolute Gasteiger partial charge is 0.150 e. The quantitative estimate of drug-likeness (QED) is 0.189. The minimum Gasteiger partial charge on any atom is -0.487 e. The summed E-state index contributed by atoms with van der Waals surface area (Å²) in [5, 5.41) is 8.03. The highest BCUT2D eigenvalue weighted by Gasteiger charge is 2.02. The van der Waals surface area contributed by atoms with E-state index in [1.165, 1.54) is 0 Å². The van der Waals surface area contributed by atoms with Crippen LogP contribution >= 0.6 is 0 Å². The highest BCUT2D eigenvalue weighted by Crippen LogP contribution is 2.20. The first-order chi connectivity index (χ1) is 14.7. The molecule has 3 aromatic carbocycles.